The van der Waals surface area contributed by atoms with E-state index in [-0.39, 0.29) is 11.7 Å². The fourth-order valence-corrected chi connectivity index (χ4v) is 4.55. The molecule has 2 saturated heterocycles. The summed E-state index contributed by atoms with van der Waals surface area (Å²) in [6, 6.07) is 7.85. The van der Waals surface area contributed by atoms with Gasteiger partial charge in [-0.2, -0.15) is 4.31 Å². The fraction of sp³-hybridized carbons (Fsp3) is 0.611. The van der Waals surface area contributed by atoms with Gasteiger partial charge in [-0.05, 0) is 37.5 Å². The number of amides is 1. The van der Waals surface area contributed by atoms with Crippen LogP contribution < -0.4 is 0 Å². The van der Waals surface area contributed by atoms with Gasteiger partial charge in [-0.15, -0.1) is 0 Å². The molecule has 2 aliphatic heterocycles. The molecule has 0 radical (unpaired) electrons. The highest BCUT2D eigenvalue weighted by Crippen LogP contribution is 2.15. The van der Waals surface area contributed by atoms with E-state index in [2.05, 4.69) is 4.90 Å². The van der Waals surface area contributed by atoms with E-state index in [1.165, 1.54) is 0 Å². The van der Waals surface area contributed by atoms with E-state index in [0.717, 1.165) is 56.7 Å². The molecule has 0 spiro atoms. The summed E-state index contributed by atoms with van der Waals surface area (Å²) in [5, 5.41) is 0. The maximum Gasteiger partial charge on any atom is 0.253 e. The summed E-state index contributed by atoms with van der Waals surface area (Å²) >= 11 is 0. The minimum Gasteiger partial charge on any atom is -0.339 e. The average molecular weight is 365 g/mol. The van der Waals surface area contributed by atoms with E-state index in [9.17, 15) is 13.2 Å². The van der Waals surface area contributed by atoms with E-state index in [1.54, 1.807) is 11.2 Å². The summed E-state index contributed by atoms with van der Waals surface area (Å²) in [4.78, 5) is 16.5. The van der Waals surface area contributed by atoms with E-state index >= 15 is 0 Å². The monoisotopic (exact) mass is 365 g/mol. The molecular weight excluding hydrogens is 338 g/mol. The molecule has 6 nitrogen and oxygen atoms in total. The molecule has 1 amide bonds. The van der Waals surface area contributed by atoms with Gasteiger partial charge in [-0.25, -0.2) is 8.42 Å². The van der Waals surface area contributed by atoms with Crippen LogP contribution in [0.15, 0.2) is 24.3 Å². The zero-order chi connectivity index (χ0) is 17.9. The van der Waals surface area contributed by atoms with Gasteiger partial charge in [-0.1, -0.05) is 12.1 Å². The van der Waals surface area contributed by atoms with Gasteiger partial charge in [0.2, 0.25) is 10.0 Å². The maximum atomic E-state index is 12.4. The van der Waals surface area contributed by atoms with Crippen molar-refractivity contribution in [3.8, 4) is 0 Å². The van der Waals surface area contributed by atoms with Crippen LogP contribution in [0.3, 0.4) is 0 Å². The van der Waals surface area contributed by atoms with E-state index in [4.69, 9.17) is 0 Å². The SMILES string of the molecule is CCS(=O)(=O)N1CCN(Cc2ccc(C(=O)N3CCCC3)cc2)CC1. The van der Waals surface area contributed by atoms with Gasteiger partial charge in [0.05, 0.1) is 5.75 Å². The molecule has 0 unspecified atom stereocenters. The summed E-state index contributed by atoms with van der Waals surface area (Å²) in [5.41, 5.74) is 1.91. The summed E-state index contributed by atoms with van der Waals surface area (Å²) in [6.07, 6.45) is 2.20. The van der Waals surface area contributed by atoms with Crippen LogP contribution in [0.1, 0.15) is 35.7 Å². The first-order valence-electron chi connectivity index (χ1n) is 9.08. The second-order valence-electron chi connectivity index (χ2n) is 6.77. The quantitative estimate of drug-likeness (QED) is 0.791. The minimum absolute atomic E-state index is 0.127. The van der Waals surface area contributed by atoms with Crippen LogP contribution >= 0.6 is 0 Å². The third kappa shape index (κ3) is 4.40. The Bertz CT molecular complexity index is 689. The highest BCUT2D eigenvalue weighted by molar-refractivity contribution is 7.89. The van der Waals surface area contributed by atoms with Crippen LogP contribution in [0.4, 0.5) is 0 Å². The molecular formula is C18H27N3O3S. The standard InChI is InChI=1S/C18H27N3O3S/c1-2-25(23,24)21-13-11-19(12-14-21)15-16-5-7-17(8-6-16)18(22)20-9-3-4-10-20/h5-8H,2-4,9-15H2,1H3. The first kappa shape index (κ1) is 18.4. The van der Waals surface area contributed by atoms with Crippen molar-refractivity contribution >= 4 is 15.9 Å². The largest absolute Gasteiger partial charge is 0.339 e. The van der Waals surface area contributed by atoms with Gasteiger partial charge in [0.15, 0.2) is 0 Å². The van der Waals surface area contributed by atoms with Gasteiger partial charge < -0.3 is 4.90 Å². The first-order valence-corrected chi connectivity index (χ1v) is 10.7. The van der Waals surface area contributed by atoms with E-state index < -0.39 is 10.0 Å². The lowest BCUT2D eigenvalue weighted by molar-refractivity contribution is 0.0793. The number of piperazine rings is 1. The summed E-state index contributed by atoms with van der Waals surface area (Å²) < 4.78 is 25.4. The minimum atomic E-state index is -3.08. The zero-order valence-corrected chi connectivity index (χ0v) is 15.7. The molecule has 138 valence electrons. The Morgan fingerprint density at radius 2 is 1.56 bits per heavy atom. The van der Waals surface area contributed by atoms with Crippen LogP contribution in [0.25, 0.3) is 0 Å². The van der Waals surface area contributed by atoms with Crippen molar-refractivity contribution in [3.63, 3.8) is 0 Å². The topological polar surface area (TPSA) is 60.9 Å². The molecule has 0 saturated carbocycles. The van der Waals surface area contributed by atoms with Crippen molar-refractivity contribution in [1.82, 2.24) is 14.1 Å². The molecule has 0 atom stereocenters. The number of benzene rings is 1. The van der Waals surface area contributed by atoms with Crippen molar-refractivity contribution in [2.75, 3.05) is 45.0 Å². The van der Waals surface area contributed by atoms with Gasteiger partial charge in [0.1, 0.15) is 0 Å². The van der Waals surface area contributed by atoms with Crippen molar-refractivity contribution in [2.24, 2.45) is 0 Å². The Labute approximate surface area is 150 Å². The number of sulfonamides is 1. The lowest BCUT2D eigenvalue weighted by Crippen LogP contribution is -2.48. The van der Waals surface area contributed by atoms with E-state index in [1.807, 2.05) is 29.2 Å². The Kier molecular flexibility index (Phi) is 5.76. The highest BCUT2D eigenvalue weighted by atomic mass is 32.2. The number of carbonyl (C=O) groups excluding carboxylic acids is 1. The van der Waals surface area contributed by atoms with Crippen LogP contribution in [0, 0.1) is 0 Å². The van der Waals surface area contributed by atoms with Crippen molar-refractivity contribution in [1.29, 1.82) is 0 Å². The molecule has 0 bridgehead atoms. The Balaban J connectivity index is 1.53. The number of likely N-dealkylation sites (tertiary alicyclic amines) is 1. The lowest BCUT2D eigenvalue weighted by atomic mass is 10.1. The summed E-state index contributed by atoms with van der Waals surface area (Å²) in [6.45, 7) is 6.81. The number of rotatable bonds is 5. The highest BCUT2D eigenvalue weighted by Gasteiger charge is 2.25. The maximum absolute atomic E-state index is 12.4. The second-order valence-corrected chi connectivity index (χ2v) is 9.03. The number of hydrogen-bond acceptors (Lipinski definition) is 4. The predicted octanol–water partition coefficient (Wildman–Crippen LogP) is 1.39. The summed E-state index contributed by atoms with van der Waals surface area (Å²) in [7, 11) is -3.08. The predicted molar refractivity (Wildman–Crippen MR) is 97.9 cm³/mol. The fourth-order valence-electron chi connectivity index (χ4n) is 3.46. The van der Waals surface area contributed by atoms with E-state index in [0.29, 0.717) is 13.1 Å². The molecule has 1 aromatic rings. The number of hydrogen-bond donors (Lipinski definition) is 0. The Morgan fingerprint density at radius 1 is 0.960 bits per heavy atom. The molecule has 0 aromatic heterocycles. The molecule has 2 heterocycles. The van der Waals surface area contributed by atoms with Crippen LogP contribution in [0.5, 0.6) is 0 Å². The Morgan fingerprint density at radius 3 is 2.12 bits per heavy atom. The van der Waals surface area contributed by atoms with Crippen LogP contribution in [0.2, 0.25) is 0 Å². The molecule has 1 aromatic carbocycles. The smallest absolute Gasteiger partial charge is 0.253 e. The average Bonchev–Trinajstić information content (AvgIpc) is 3.17. The summed E-state index contributed by atoms with van der Waals surface area (Å²) in [5.74, 6) is 0.293. The molecule has 0 aliphatic carbocycles. The molecule has 2 fully saturated rings. The van der Waals surface area contributed by atoms with Crippen molar-refractivity contribution in [3.05, 3.63) is 35.4 Å². The lowest BCUT2D eigenvalue weighted by Gasteiger charge is -2.33. The van der Waals surface area contributed by atoms with Gasteiger partial charge in [0, 0.05) is 51.4 Å². The number of carbonyl (C=O) groups is 1. The van der Waals surface area contributed by atoms with Crippen LogP contribution in [-0.2, 0) is 16.6 Å². The third-order valence-corrected chi connectivity index (χ3v) is 6.97. The molecule has 2 aliphatic rings. The third-order valence-electron chi connectivity index (χ3n) is 5.09. The normalized spacial score (nSPS) is 20.1. The number of nitrogens with zero attached hydrogens (tertiary/aromatic N) is 3. The molecule has 3 rings (SSSR count). The van der Waals surface area contributed by atoms with Crippen molar-refractivity contribution in [2.45, 2.75) is 26.3 Å². The molecule has 7 heteroatoms. The van der Waals surface area contributed by atoms with Crippen LogP contribution in [-0.4, -0.2) is 73.5 Å². The molecule has 25 heavy (non-hydrogen) atoms. The Hall–Kier alpha value is -1.44. The van der Waals surface area contributed by atoms with Gasteiger partial charge >= 0.3 is 0 Å². The van der Waals surface area contributed by atoms with Gasteiger partial charge in [0.25, 0.3) is 5.91 Å². The first-order chi connectivity index (χ1) is 12.0. The zero-order valence-electron chi connectivity index (χ0n) is 14.9. The second kappa shape index (κ2) is 7.85. The molecule has 0 N–H and O–H groups in total. The van der Waals surface area contributed by atoms with Crippen molar-refractivity contribution < 1.29 is 13.2 Å². The van der Waals surface area contributed by atoms with Gasteiger partial charge in [-0.3, -0.25) is 9.69 Å².